The SMILES string of the molecule is CCCCOC(=O)CSc1cc(N(C(=O)C2=C(C(=O)OCCCC)CCCC2)C(=O)c2ccccc2)c(F)cc1Cl. The van der Waals surface area contributed by atoms with Crippen LogP contribution < -0.4 is 4.90 Å². The lowest BCUT2D eigenvalue weighted by Crippen LogP contribution is -2.40. The van der Waals surface area contributed by atoms with E-state index in [1.807, 2.05) is 13.8 Å². The van der Waals surface area contributed by atoms with Gasteiger partial charge in [0.15, 0.2) is 0 Å². The van der Waals surface area contributed by atoms with Crippen LogP contribution in [-0.4, -0.2) is 42.7 Å². The molecule has 0 saturated heterocycles. The van der Waals surface area contributed by atoms with Gasteiger partial charge in [-0.1, -0.05) is 56.5 Å². The molecule has 10 heteroatoms. The van der Waals surface area contributed by atoms with Crippen molar-refractivity contribution in [2.75, 3.05) is 23.9 Å². The van der Waals surface area contributed by atoms with Crippen molar-refractivity contribution < 1.29 is 33.0 Å². The Morgan fingerprint density at radius 2 is 1.54 bits per heavy atom. The fourth-order valence-electron chi connectivity index (χ4n) is 4.23. The molecule has 220 valence electrons. The number of nitrogens with zero attached hydrogens (tertiary/aromatic N) is 1. The first-order valence-corrected chi connectivity index (χ1v) is 15.2. The monoisotopic (exact) mass is 603 g/mol. The number of carbonyl (C=O) groups is 4. The number of rotatable bonds is 13. The first kappa shape index (κ1) is 32.3. The van der Waals surface area contributed by atoms with Crippen molar-refractivity contribution >= 4 is 52.8 Å². The molecule has 3 rings (SSSR count). The third kappa shape index (κ3) is 8.91. The number of amides is 2. The van der Waals surface area contributed by atoms with Crippen molar-refractivity contribution in [3.05, 3.63) is 70.0 Å². The van der Waals surface area contributed by atoms with Gasteiger partial charge < -0.3 is 9.47 Å². The van der Waals surface area contributed by atoms with Crippen LogP contribution in [0.1, 0.15) is 75.6 Å². The minimum absolute atomic E-state index is 0.0224. The van der Waals surface area contributed by atoms with E-state index in [4.69, 9.17) is 21.1 Å². The Bertz CT molecular complexity index is 1280. The number of ether oxygens (including phenoxy) is 2. The molecule has 2 aromatic rings. The van der Waals surface area contributed by atoms with Gasteiger partial charge in [-0.2, -0.15) is 0 Å². The van der Waals surface area contributed by atoms with E-state index in [0.29, 0.717) is 37.2 Å². The number of halogens is 2. The summed E-state index contributed by atoms with van der Waals surface area (Å²) in [7, 11) is 0. The van der Waals surface area contributed by atoms with Gasteiger partial charge in [0.2, 0.25) is 0 Å². The highest BCUT2D eigenvalue weighted by molar-refractivity contribution is 8.00. The molecule has 0 atom stereocenters. The zero-order valence-corrected chi connectivity index (χ0v) is 25.0. The number of anilines is 1. The lowest BCUT2D eigenvalue weighted by molar-refractivity contribution is -0.141. The van der Waals surface area contributed by atoms with Gasteiger partial charge in [-0.15, -0.1) is 11.8 Å². The van der Waals surface area contributed by atoms with Gasteiger partial charge in [0.05, 0.1) is 29.7 Å². The fourth-order valence-corrected chi connectivity index (χ4v) is 5.29. The summed E-state index contributed by atoms with van der Waals surface area (Å²) in [4.78, 5) is 54.0. The van der Waals surface area contributed by atoms with Crippen molar-refractivity contribution in [3.63, 3.8) is 0 Å². The predicted octanol–water partition coefficient (Wildman–Crippen LogP) is 7.30. The van der Waals surface area contributed by atoms with Crippen LogP contribution in [0, 0.1) is 5.82 Å². The largest absolute Gasteiger partial charge is 0.465 e. The molecule has 0 bridgehead atoms. The van der Waals surface area contributed by atoms with Crippen molar-refractivity contribution in [3.8, 4) is 0 Å². The van der Waals surface area contributed by atoms with E-state index in [-0.39, 0.29) is 46.2 Å². The quantitative estimate of drug-likeness (QED) is 0.103. The molecule has 1 aliphatic rings. The standard InChI is InChI=1S/C31H35ClFNO6S/c1-3-5-16-39-28(35)20-41-27-19-26(25(33)18-24(27)32)34(29(36)21-12-8-7-9-13-21)30(37)22-14-10-11-15-23(22)31(38)40-17-6-4-2/h7-9,12-13,18-19H,3-6,10-11,14-17,20H2,1-2H3. The summed E-state index contributed by atoms with van der Waals surface area (Å²) in [5.74, 6) is -3.60. The molecule has 0 fully saturated rings. The van der Waals surface area contributed by atoms with Crippen LogP contribution in [0.4, 0.5) is 10.1 Å². The summed E-state index contributed by atoms with van der Waals surface area (Å²) in [5, 5.41) is 0.0224. The Morgan fingerprint density at radius 3 is 2.20 bits per heavy atom. The minimum atomic E-state index is -0.897. The maximum atomic E-state index is 15.5. The van der Waals surface area contributed by atoms with Crippen LogP contribution in [0.3, 0.4) is 0 Å². The molecule has 2 aromatic carbocycles. The van der Waals surface area contributed by atoms with Crippen molar-refractivity contribution in [2.45, 2.75) is 70.1 Å². The number of hydrogen-bond acceptors (Lipinski definition) is 7. The third-order valence-electron chi connectivity index (χ3n) is 6.48. The van der Waals surface area contributed by atoms with E-state index in [1.165, 1.54) is 18.2 Å². The molecule has 7 nitrogen and oxygen atoms in total. The summed E-state index contributed by atoms with van der Waals surface area (Å²) in [6.07, 6.45) is 5.02. The van der Waals surface area contributed by atoms with Crippen molar-refractivity contribution in [1.82, 2.24) is 0 Å². The van der Waals surface area contributed by atoms with Gasteiger partial charge in [0.1, 0.15) is 5.82 Å². The topological polar surface area (TPSA) is 90.0 Å². The van der Waals surface area contributed by atoms with Gasteiger partial charge in [0.25, 0.3) is 11.8 Å². The Hall–Kier alpha value is -3.17. The summed E-state index contributed by atoms with van der Waals surface area (Å²) in [5.41, 5.74) is 0.173. The van der Waals surface area contributed by atoms with Crippen LogP contribution >= 0.6 is 23.4 Å². The molecule has 0 aliphatic heterocycles. The smallest absolute Gasteiger partial charge is 0.334 e. The third-order valence-corrected chi connectivity index (χ3v) is 7.93. The van der Waals surface area contributed by atoms with Crippen LogP contribution in [0.25, 0.3) is 0 Å². The van der Waals surface area contributed by atoms with Gasteiger partial charge >= 0.3 is 11.9 Å². The Morgan fingerprint density at radius 1 is 0.902 bits per heavy atom. The van der Waals surface area contributed by atoms with Gasteiger partial charge in [-0.3, -0.25) is 14.4 Å². The Labute approximate surface area is 249 Å². The first-order chi connectivity index (χ1) is 19.8. The maximum absolute atomic E-state index is 15.5. The first-order valence-electron chi connectivity index (χ1n) is 13.9. The lowest BCUT2D eigenvalue weighted by atomic mass is 9.90. The highest BCUT2D eigenvalue weighted by Crippen LogP contribution is 2.36. The normalized spacial score (nSPS) is 13.1. The molecule has 0 spiro atoms. The second kappa shape index (κ2) is 16.3. The molecule has 1 aliphatic carbocycles. The molecule has 0 aromatic heterocycles. The summed E-state index contributed by atoms with van der Waals surface area (Å²) < 4.78 is 26.1. The average Bonchev–Trinajstić information content (AvgIpc) is 2.98. The van der Waals surface area contributed by atoms with Crippen LogP contribution in [0.5, 0.6) is 0 Å². The molecular formula is C31H35ClFNO6S. The molecule has 0 unspecified atom stereocenters. The molecule has 0 heterocycles. The summed E-state index contributed by atoms with van der Waals surface area (Å²) in [6.45, 7) is 4.47. The highest BCUT2D eigenvalue weighted by atomic mass is 35.5. The summed E-state index contributed by atoms with van der Waals surface area (Å²) >= 11 is 7.31. The zero-order valence-electron chi connectivity index (χ0n) is 23.4. The Balaban J connectivity index is 2.02. The van der Waals surface area contributed by atoms with Gasteiger partial charge in [-0.25, -0.2) is 14.1 Å². The number of hydrogen-bond donors (Lipinski definition) is 0. The number of imide groups is 1. The number of carbonyl (C=O) groups excluding carboxylic acids is 4. The zero-order chi connectivity index (χ0) is 29.8. The van der Waals surface area contributed by atoms with E-state index < -0.39 is 29.6 Å². The maximum Gasteiger partial charge on any atom is 0.334 e. The number of esters is 2. The molecule has 0 N–H and O–H groups in total. The van der Waals surface area contributed by atoms with E-state index >= 15 is 4.39 Å². The van der Waals surface area contributed by atoms with E-state index in [2.05, 4.69) is 0 Å². The molecular weight excluding hydrogens is 569 g/mol. The van der Waals surface area contributed by atoms with Gasteiger partial charge in [0, 0.05) is 21.6 Å². The minimum Gasteiger partial charge on any atom is -0.465 e. The van der Waals surface area contributed by atoms with Crippen LogP contribution in [0.2, 0.25) is 5.02 Å². The van der Waals surface area contributed by atoms with E-state index in [1.54, 1.807) is 18.2 Å². The van der Waals surface area contributed by atoms with Crippen LogP contribution in [-0.2, 0) is 23.9 Å². The van der Waals surface area contributed by atoms with Gasteiger partial charge in [-0.05, 0) is 62.8 Å². The molecule has 41 heavy (non-hydrogen) atoms. The number of benzene rings is 2. The van der Waals surface area contributed by atoms with Crippen LogP contribution in [0.15, 0.2) is 58.5 Å². The molecule has 2 amide bonds. The Kier molecular flexibility index (Phi) is 12.9. The second-order valence-corrected chi connectivity index (χ2v) is 11.0. The fraction of sp³-hybridized carbons (Fsp3) is 0.419. The lowest BCUT2D eigenvalue weighted by Gasteiger charge is -2.26. The average molecular weight is 604 g/mol. The molecule has 0 saturated carbocycles. The number of unbranched alkanes of at least 4 members (excludes halogenated alkanes) is 2. The number of thioether (sulfide) groups is 1. The van der Waals surface area contributed by atoms with E-state index in [9.17, 15) is 19.2 Å². The van der Waals surface area contributed by atoms with E-state index in [0.717, 1.165) is 42.0 Å². The molecule has 0 radical (unpaired) electrons. The predicted molar refractivity (Wildman–Crippen MR) is 158 cm³/mol. The summed E-state index contributed by atoms with van der Waals surface area (Å²) in [6, 6.07) is 10.3. The van der Waals surface area contributed by atoms with Crippen molar-refractivity contribution in [1.29, 1.82) is 0 Å². The highest BCUT2D eigenvalue weighted by Gasteiger charge is 2.34. The van der Waals surface area contributed by atoms with Crippen molar-refractivity contribution in [2.24, 2.45) is 0 Å². The second-order valence-electron chi connectivity index (χ2n) is 9.56.